The zero-order valence-corrected chi connectivity index (χ0v) is 14.6. The van der Waals surface area contributed by atoms with E-state index in [1.54, 1.807) is 12.1 Å². The molecule has 0 saturated carbocycles. The van der Waals surface area contributed by atoms with Gasteiger partial charge in [-0.1, -0.05) is 11.6 Å². The lowest BCUT2D eigenvalue weighted by Gasteiger charge is -2.13. The summed E-state index contributed by atoms with van der Waals surface area (Å²) in [6, 6.07) is 4.78. The van der Waals surface area contributed by atoms with Gasteiger partial charge in [0.15, 0.2) is 0 Å². The van der Waals surface area contributed by atoms with Gasteiger partial charge in [0.25, 0.3) is 0 Å². The van der Waals surface area contributed by atoms with E-state index in [1.807, 2.05) is 19.9 Å². The summed E-state index contributed by atoms with van der Waals surface area (Å²) < 4.78 is 5.38. The molecule has 2 N–H and O–H groups in total. The molecule has 0 aliphatic heterocycles. The molecule has 0 bridgehead atoms. The van der Waals surface area contributed by atoms with Crippen LogP contribution in [0.15, 0.2) is 18.2 Å². The first-order chi connectivity index (χ1) is 10.4. The fourth-order valence-electron chi connectivity index (χ4n) is 1.84. The zero-order valence-electron chi connectivity index (χ0n) is 12.2. The number of methoxy groups -OCH3 is 1. The Labute approximate surface area is 141 Å². The van der Waals surface area contributed by atoms with Gasteiger partial charge in [0, 0.05) is 9.75 Å². The maximum atomic E-state index is 12.1. The molecule has 1 atom stereocenters. The lowest BCUT2D eigenvalue weighted by Crippen LogP contribution is -2.31. The first-order valence-electron chi connectivity index (χ1n) is 6.42. The van der Waals surface area contributed by atoms with Crippen LogP contribution in [0.1, 0.15) is 33.1 Å². The largest absolute Gasteiger partial charge is 0.465 e. The molecule has 2 amide bonds. The fourth-order valence-corrected chi connectivity index (χ4v) is 3.79. The summed E-state index contributed by atoms with van der Waals surface area (Å²) >= 11 is 8.62. The van der Waals surface area contributed by atoms with E-state index < -0.39 is 5.97 Å². The predicted octanol–water partition coefficient (Wildman–Crippen LogP) is 4.44. The van der Waals surface area contributed by atoms with Crippen molar-refractivity contribution in [2.24, 2.45) is 0 Å². The quantitative estimate of drug-likeness (QED) is 0.794. The van der Waals surface area contributed by atoms with Gasteiger partial charge in [0.05, 0.1) is 23.1 Å². The molecule has 0 spiro atoms. The Hall–Kier alpha value is -1.57. The highest BCUT2D eigenvalue weighted by atomic mass is 35.5. The maximum absolute atomic E-state index is 12.1. The van der Waals surface area contributed by atoms with E-state index in [0.717, 1.165) is 9.75 Å². The van der Waals surface area contributed by atoms with Crippen LogP contribution < -0.4 is 10.6 Å². The number of carbonyl (C=O) groups is 2. The van der Waals surface area contributed by atoms with Gasteiger partial charge in [-0.2, -0.15) is 0 Å². The summed E-state index contributed by atoms with van der Waals surface area (Å²) in [5.74, 6) is -0.474. The standard InChI is InChI=1S/C14H15ClN2O3S2/c1-7-6-9(13(18)20-3)12(21-7)17-14(19)16-8(2)10-4-5-11(15)22-10/h4-6,8H,1-3H3,(H2,16,17,19). The second kappa shape index (κ2) is 7.13. The maximum Gasteiger partial charge on any atom is 0.340 e. The third-order valence-corrected chi connectivity index (χ3v) is 5.24. The number of hydrogen-bond donors (Lipinski definition) is 2. The number of carbonyl (C=O) groups excluding carboxylic acids is 2. The average Bonchev–Trinajstić information content (AvgIpc) is 3.04. The van der Waals surface area contributed by atoms with E-state index in [9.17, 15) is 9.59 Å². The normalized spacial score (nSPS) is 11.8. The van der Waals surface area contributed by atoms with Crippen molar-refractivity contribution in [3.05, 3.63) is 37.9 Å². The zero-order chi connectivity index (χ0) is 16.3. The van der Waals surface area contributed by atoms with Crippen LogP contribution in [0.3, 0.4) is 0 Å². The molecule has 1 unspecified atom stereocenters. The minimum Gasteiger partial charge on any atom is -0.465 e. The van der Waals surface area contributed by atoms with Crippen LogP contribution in [-0.4, -0.2) is 19.1 Å². The van der Waals surface area contributed by atoms with Gasteiger partial charge in [0.1, 0.15) is 5.00 Å². The van der Waals surface area contributed by atoms with Crippen LogP contribution in [-0.2, 0) is 4.74 Å². The summed E-state index contributed by atoms with van der Waals surface area (Å²) in [5, 5.41) is 5.97. The van der Waals surface area contributed by atoms with Crippen molar-refractivity contribution >= 4 is 51.3 Å². The van der Waals surface area contributed by atoms with E-state index in [-0.39, 0.29) is 12.1 Å². The Morgan fingerprint density at radius 3 is 2.64 bits per heavy atom. The molecular formula is C14H15ClN2O3S2. The molecule has 22 heavy (non-hydrogen) atoms. The smallest absolute Gasteiger partial charge is 0.340 e. The van der Waals surface area contributed by atoms with Crippen molar-refractivity contribution < 1.29 is 14.3 Å². The fraction of sp³-hybridized carbons (Fsp3) is 0.286. The van der Waals surface area contributed by atoms with Crippen molar-refractivity contribution in [2.75, 3.05) is 12.4 Å². The van der Waals surface area contributed by atoms with E-state index in [0.29, 0.717) is 14.9 Å². The summed E-state index contributed by atoms with van der Waals surface area (Å²) in [5.41, 5.74) is 0.354. The molecule has 0 aliphatic carbocycles. The minimum atomic E-state index is -0.474. The van der Waals surface area contributed by atoms with E-state index in [4.69, 9.17) is 16.3 Å². The highest BCUT2D eigenvalue weighted by Gasteiger charge is 2.18. The highest BCUT2D eigenvalue weighted by molar-refractivity contribution is 7.16. The summed E-state index contributed by atoms with van der Waals surface area (Å²) in [7, 11) is 1.31. The third-order valence-electron chi connectivity index (χ3n) is 2.86. The SMILES string of the molecule is COC(=O)c1cc(C)sc1NC(=O)NC(C)c1ccc(Cl)s1. The highest BCUT2D eigenvalue weighted by Crippen LogP contribution is 2.29. The molecule has 8 heteroatoms. The lowest BCUT2D eigenvalue weighted by atomic mass is 10.3. The van der Waals surface area contributed by atoms with Crippen molar-refractivity contribution in [2.45, 2.75) is 19.9 Å². The number of hydrogen-bond acceptors (Lipinski definition) is 5. The van der Waals surface area contributed by atoms with E-state index >= 15 is 0 Å². The van der Waals surface area contributed by atoms with Crippen LogP contribution in [0, 0.1) is 6.92 Å². The van der Waals surface area contributed by atoms with Crippen LogP contribution in [0.4, 0.5) is 9.80 Å². The number of anilines is 1. The average molecular weight is 359 g/mol. The van der Waals surface area contributed by atoms with Crippen molar-refractivity contribution in [3.8, 4) is 0 Å². The van der Waals surface area contributed by atoms with Gasteiger partial charge < -0.3 is 10.1 Å². The number of aryl methyl sites for hydroxylation is 1. The monoisotopic (exact) mass is 358 g/mol. The summed E-state index contributed by atoms with van der Waals surface area (Å²) in [6.07, 6.45) is 0. The van der Waals surface area contributed by atoms with Crippen LogP contribution >= 0.6 is 34.3 Å². The van der Waals surface area contributed by atoms with Crippen LogP contribution in [0.25, 0.3) is 0 Å². The molecule has 0 saturated heterocycles. The van der Waals surface area contributed by atoms with Gasteiger partial charge >= 0.3 is 12.0 Å². The van der Waals surface area contributed by atoms with Gasteiger partial charge in [0.2, 0.25) is 0 Å². The third kappa shape index (κ3) is 4.00. The van der Waals surface area contributed by atoms with Crippen molar-refractivity contribution in [1.82, 2.24) is 5.32 Å². The molecule has 5 nitrogen and oxygen atoms in total. The Morgan fingerprint density at radius 2 is 2.05 bits per heavy atom. The lowest BCUT2D eigenvalue weighted by molar-refractivity contribution is 0.0602. The molecule has 0 aliphatic rings. The first-order valence-corrected chi connectivity index (χ1v) is 8.43. The number of ether oxygens (including phenoxy) is 1. The predicted molar refractivity (Wildman–Crippen MR) is 90.3 cm³/mol. The molecule has 2 aromatic rings. The number of thiophene rings is 2. The number of urea groups is 1. The minimum absolute atomic E-state index is 0.180. The first kappa shape index (κ1) is 16.8. The van der Waals surface area contributed by atoms with E-state index in [1.165, 1.54) is 29.8 Å². The molecule has 2 aromatic heterocycles. The Morgan fingerprint density at radius 1 is 1.32 bits per heavy atom. The summed E-state index contributed by atoms with van der Waals surface area (Å²) in [6.45, 7) is 3.72. The number of amides is 2. The Balaban J connectivity index is 2.04. The number of nitrogens with one attached hydrogen (secondary N) is 2. The van der Waals surface area contributed by atoms with Crippen LogP contribution in [0.2, 0.25) is 4.34 Å². The molecule has 2 rings (SSSR count). The van der Waals surface area contributed by atoms with Gasteiger partial charge in [-0.3, -0.25) is 5.32 Å². The molecular weight excluding hydrogens is 344 g/mol. The molecule has 2 heterocycles. The molecule has 118 valence electrons. The number of esters is 1. The van der Waals surface area contributed by atoms with Gasteiger partial charge in [-0.15, -0.1) is 22.7 Å². The molecule has 0 fully saturated rings. The van der Waals surface area contributed by atoms with Gasteiger partial charge in [-0.05, 0) is 32.0 Å². The van der Waals surface area contributed by atoms with E-state index in [2.05, 4.69) is 10.6 Å². The number of rotatable bonds is 4. The van der Waals surface area contributed by atoms with Gasteiger partial charge in [-0.25, -0.2) is 9.59 Å². The number of halogens is 1. The Kier molecular flexibility index (Phi) is 5.44. The Bertz CT molecular complexity index is 696. The molecule has 0 radical (unpaired) electrons. The molecule has 0 aromatic carbocycles. The second-order valence-electron chi connectivity index (χ2n) is 4.55. The topological polar surface area (TPSA) is 67.4 Å². The van der Waals surface area contributed by atoms with Crippen molar-refractivity contribution in [3.63, 3.8) is 0 Å². The second-order valence-corrected chi connectivity index (χ2v) is 7.56. The summed E-state index contributed by atoms with van der Waals surface area (Å²) in [4.78, 5) is 25.6. The van der Waals surface area contributed by atoms with Crippen LogP contribution in [0.5, 0.6) is 0 Å². The van der Waals surface area contributed by atoms with Crippen molar-refractivity contribution in [1.29, 1.82) is 0 Å².